The van der Waals surface area contributed by atoms with Crippen molar-refractivity contribution in [2.75, 3.05) is 0 Å². The van der Waals surface area contributed by atoms with Crippen LogP contribution in [0.2, 0.25) is 0 Å². The Morgan fingerprint density at radius 2 is 1.00 bits per heavy atom. The fourth-order valence-electron chi connectivity index (χ4n) is 3.00. The highest BCUT2D eigenvalue weighted by Crippen LogP contribution is 2.14. The molecule has 0 spiro atoms. The lowest BCUT2D eigenvalue weighted by Crippen LogP contribution is -1.83. The van der Waals surface area contributed by atoms with Crippen LogP contribution in [0.4, 0.5) is 0 Å². The molecular formula is C22H43. The summed E-state index contributed by atoms with van der Waals surface area (Å²) in [7, 11) is 0. The Kier molecular flexibility index (Phi) is 18.6. The smallest absolute Gasteiger partial charge is 0.0283 e. The van der Waals surface area contributed by atoms with Crippen molar-refractivity contribution in [3.8, 4) is 0 Å². The van der Waals surface area contributed by atoms with E-state index in [1.807, 2.05) is 0 Å². The summed E-state index contributed by atoms with van der Waals surface area (Å²) in [6.45, 7) is 8.75. The molecule has 0 heteroatoms. The summed E-state index contributed by atoms with van der Waals surface area (Å²) in [5, 5.41) is 0. The molecule has 0 amide bonds. The Balaban J connectivity index is 3.18. The lowest BCUT2D eigenvalue weighted by molar-refractivity contribution is 0.550. The van der Waals surface area contributed by atoms with Crippen molar-refractivity contribution >= 4 is 0 Å². The molecule has 0 atom stereocenters. The summed E-state index contributed by atoms with van der Waals surface area (Å²) in [5.41, 5.74) is 1.38. The molecule has 0 saturated carbocycles. The molecule has 0 rings (SSSR count). The zero-order chi connectivity index (χ0) is 16.3. The average molecular weight is 308 g/mol. The van der Waals surface area contributed by atoms with E-state index in [1.54, 1.807) is 0 Å². The first kappa shape index (κ1) is 21.7. The Labute approximate surface area is 142 Å². The third-order valence-corrected chi connectivity index (χ3v) is 4.59. The standard InChI is InChI=1S/C22H43/c1-4-6-8-10-11-12-13-14-15-16-17-19-21-22(3)20-18-9-7-5-2/h21H,3-20H2,1-2H3/b22-21-. The van der Waals surface area contributed by atoms with Crippen molar-refractivity contribution in [2.45, 2.75) is 123 Å². The highest BCUT2D eigenvalue weighted by atomic mass is 14.0. The largest absolute Gasteiger partial charge is 0.0853 e. The van der Waals surface area contributed by atoms with Gasteiger partial charge in [0.2, 0.25) is 0 Å². The maximum atomic E-state index is 4.19. The molecule has 0 aliphatic heterocycles. The predicted molar refractivity (Wildman–Crippen MR) is 103 cm³/mol. The van der Waals surface area contributed by atoms with Crippen molar-refractivity contribution in [1.82, 2.24) is 0 Å². The Hall–Kier alpha value is -0.260. The maximum absolute atomic E-state index is 4.19. The van der Waals surface area contributed by atoms with Crippen LogP contribution in [0.5, 0.6) is 0 Å². The summed E-state index contributed by atoms with van der Waals surface area (Å²) in [5.74, 6) is 0. The van der Waals surface area contributed by atoms with Gasteiger partial charge in [-0.1, -0.05) is 109 Å². The monoisotopic (exact) mass is 307 g/mol. The predicted octanol–water partition coefficient (Wildman–Crippen LogP) is 8.42. The minimum absolute atomic E-state index is 1.22. The van der Waals surface area contributed by atoms with Gasteiger partial charge in [0, 0.05) is 0 Å². The fraction of sp³-hybridized carbons (Fsp3) is 0.864. The molecule has 0 bridgehead atoms. The third kappa shape index (κ3) is 17.8. The Morgan fingerprint density at radius 1 is 0.591 bits per heavy atom. The van der Waals surface area contributed by atoms with Crippen LogP contribution in [0, 0.1) is 6.92 Å². The zero-order valence-corrected chi connectivity index (χ0v) is 15.8. The van der Waals surface area contributed by atoms with Crippen molar-refractivity contribution in [2.24, 2.45) is 0 Å². The van der Waals surface area contributed by atoms with Crippen LogP contribution in [-0.4, -0.2) is 0 Å². The van der Waals surface area contributed by atoms with Crippen molar-refractivity contribution in [3.63, 3.8) is 0 Å². The fourth-order valence-corrected chi connectivity index (χ4v) is 3.00. The number of allylic oxidation sites excluding steroid dienone is 2. The summed E-state index contributed by atoms with van der Waals surface area (Å²) >= 11 is 0. The lowest BCUT2D eigenvalue weighted by Gasteiger charge is -2.03. The minimum Gasteiger partial charge on any atom is -0.0853 e. The average Bonchev–Trinajstić information content (AvgIpc) is 2.52. The second kappa shape index (κ2) is 18.8. The zero-order valence-electron chi connectivity index (χ0n) is 15.8. The molecule has 0 fully saturated rings. The van der Waals surface area contributed by atoms with E-state index in [4.69, 9.17) is 0 Å². The number of hydrogen-bond donors (Lipinski definition) is 0. The molecule has 0 unspecified atom stereocenters. The molecule has 22 heavy (non-hydrogen) atoms. The quantitative estimate of drug-likeness (QED) is 0.236. The summed E-state index contributed by atoms with van der Waals surface area (Å²) in [4.78, 5) is 0. The van der Waals surface area contributed by atoms with E-state index in [2.05, 4.69) is 26.8 Å². The molecule has 0 heterocycles. The van der Waals surface area contributed by atoms with Gasteiger partial charge in [0.05, 0.1) is 0 Å². The number of hydrogen-bond acceptors (Lipinski definition) is 0. The van der Waals surface area contributed by atoms with Gasteiger partial charge in [0.25, 0.3) is 0 Å². The highest BCUT2D eigenvalue weighted by molar-refractivity contribution is 5.04. The molecule has 1 radical (unpaired) electrons. The van der Waals surface area contributed by atoms with Crippen molar-refractivity contribution in [1.29, 1.82) is 0 Å². The topological polar surface area (TPSA) is 0 Å². The molecule has 0 aliphatic rings. The highest BCUT2D eigenvalue weighted by Gasteiger charge is 1.94. The molecule has 0 N–H and O–H groups in total. The lowest BCUT2D eigenvalue weighted by atomic mass is 10.0. The van der Waals surface area contributed by atoms with Gasteiger partial charge in [-0.3, -0.25) is 0 Å². The number of rotatable bonds is 17. The Morgan fingerprint density at radius 3 is 1.50 bits per heavy atom. The summed E-state index contributed by atoms with van der Waals surface area (Å²) < 4.78 is 0. The van der Waals surface area contributed by atoms with Crippen LogP contribution in [0.3, 0.4) is 0 Å². The van der Waals surface area contributed by atoms with Crippen LogP contribution >= 0.6 is 0 Å². The summed E-state index contributed by atoms with van der Waals surface area (Å²) in [6.07, 6.45) is 26.0. The first-order chi connectivity index (χ1) is 10.8. The first-order valence-electron chi connectivity index (χ1n) is 10.3. The Bertz CT molecular complexity index is 226. The first-order valence-corrected chi connectivity index (χ1v) is 10.3. The van der Waals surface area contributed by atoms with Crippen LogP contribution in [0.15, 0.2) is 11.6 Å². The number of unbranched alkanes of at least 4 members (excludes halogenated alkanes) is 14. The molecule has 0 saturated heterocycles. The van der Waals surface area contributed by atoms with E-state index >= 15 is 0 Å². The van der Waals surface area contributed by atoms with Gasteiger partial charge in [-0.2, -0.15) is 0 Å². The van der Waals surface area contributed by atoms with Crippen LogP contribution in [0.1, 0.15) is 123 Å². The second-order valence-corrected chi connectivity index (χ2v) is 7.00. The molecule has 0 aromatic carbocycles. The van der Waals surface area contributed by atoms with E-state index in [9.17, 15) is 0 Å². The van der Waals surface area contributed by atoms with Gasteiger partial charge in [-0.25, -0.2) is 0 Å². The maximum Gasteiger partial charge on any atom is -0.0283 e. The van der Waals surface area contributed by atoms with Crippen molar-refractivity contribution < 1.29 is 0 Å². The summed E-state index contributed by atoms with van der Waals surface area (Å²) in [6, 6.07) is 0. The van der Waals surface area contributed by atoms with Crippen LogP contribution < -0.4 is 0 Å². The van der Waals surface area contributed by atoms with E-state index in [0.29, 0.717) is 0 Å². The SMILES string of the molecule is [CH2]/C(=C/CCCCCCCCCCCCC)CCCCCC. The molecule has 0 aromatic heterocycles. The van der Waals surface area contributed by atoms with Gasteiger partial charge in [0.1, 0.15) is 0 Å². The van der Waals surface area contributed by atoms with E-state index in [1.165, 1.54) is 115 Å². The molecule has 0 aliphatic carbocycles. The molecular weight excluding hydrogens is 264 g/mol. The van der Waals surface area contributed by atoms with Crippen molar-refractivity contribution in [3.05, 3.63) is 18.6 Å². The van der Waals surface area contributed by atoms with Gasteiger partial charge >= 0.3 is 0 Å². The van der Waals surface area contributed by atoms with Gasteiger partial charge < -0.3 is 0 Å². The normalized spacial score (nSPS) is 12.0. The van der Waals surface area contributed by atoms with Crippen LogP contribution in [0.25, 0.3) is 0 Å². The molecule has 0 aromatic rings. The molecule has 131 valence electrons. The van der Waals surface area contributed by atoms with Gasteiger partial charge in [0.15, 0.2) is 0 Å². The second-order valence-electron chi connectivity index (χ2n) is 7.00. The van der Waals surface area contributed by atoms with Gasteiger partial charge in [-0.15, -0.1) is 0 Å². The third-order valence-electron chi connectivity index (χ3n) is 4.59. The van der Waals surface area contributed by atoms with E-state index < -0.39 is 0 Å². The van der Waals surface area contributed by atoms with Gasteiger partial charge in [-0.05, 0) is 32.6 Å². The van der Waals surface area contributed by atoms with Crippen LogP contribution in [-0.2, 0) is 0 Å². The van der Waals surface area contributed by atoms with E-state index in [0.717, 1.165) is 0 Å². The van der Waals surface area contributed by atoms with E-state index in [-0.39, 0.29) is 0 Å². The minimum atomic E-state index is 1.22. The molecule has 0 nitrogen and oxygen atoms in total.